The number of hydrogen-bond donors (Lipinski definition) is 1. The summed E-state index contributed by atoms with van der Waals surface area (Å²) in [4.78, 5) is 36.7. The molecule has 1 unspecified atom stereocenters. The fourth-order valence-corrected chi connectivity index (χ4v) is 4.78. The third-order valence-electron chi connectivity index (χ3n) is 7.48. The molecule has 0 spiro atoms. The molecule has 0 radical (unpaired) electrons. The van der Waals surface area contributed by atoms with Crippen LogP contribution in [-0.2, 0) is 23.7 Å². The molecular formula is C38H49NO9. The summed E-state index contributed by atoms with van der Waals surface area (Å²) >= 11 is 0. The molecule has 0 fully saturated rings. The minimum atomic E-state index is -0.474. The summed E-state index contributed by atoms with van der Waals surface area (Å²) in [5.74, 6) is 0.152. The quantitative estimate of drug-likeness (QED) is 0.0836. The van der Waals surface area contributed by atoms with Gasteiger partial charge in [0, 0.05) is 12.6 Å². The number of carbonyl (C=O) groups is 3. The molecule has 260 valence electrons. The smallest absolute Gasteiger partial charge is 0.343 e. The minimum absolute atomic E-state index is 0.111. The van der Waals surface area contributed by atoms with Crippen molar-refractivity contribution in [3.63, 3.8) is 0 Å². The van der Waals surface area contributed by atoms with Gasteiger partial charge in [-0.25, -0.2) is 4.79 Å². The third-order valence-corrected chi connectivity index (χ3v) is 7.48. The van der Waals surface area contributed by atoms with Gasteiger partial charge in [0.1, 0.15) is 24.7 Å². The molecule has 0 aromatic heterocycles. The van der Waals surface area contributed by atoms with E-state index in [4.69, 9.17) is 28.4 Å². The number of ether oxygens (including phenoxy) is 6. The standard InChI is InChI=1S/C38H49NO9/c1-6-7-34(38(2,3)4)37(42)47-27-25-45-23-21-43-20-22-44-24-26-46-32-16-14-31(15-17-32)36(41)48-33-18-12-29(13-19-33)28-8-10-30(11-9-28)35(40)39-5/h8-19,34H,6-7,20-27H2,1-5H3,(H,39,40). The number of esters is 2. The SMILES string of the molecule is CCCC(C(=O)OCCOCCOCCOCCOc1ccc(C(=O)Oc2ccc(-c3ccc(C(=O)NC)cc3)cc2)cc1)C(C)(C)C. The van der Waals surface area contributed by atoms with Gasteiger partial charge < -0.3 is 33.7 Å². The maximum absolute atomic E-state index is 12.6. The molecule has 0 aliphatic carbocycles. The lowest BCUT2D eigenvalue weighted by atomic mass is 9.78. The number of benzene rings is 3. The largest absolute Gasteiger partial charge is 0.491 e. The van der Waals surface area contributed by atoms with Crippen LogP contribution in [0.25, 0.3) is 11.1 Å². The van der Waals surface area contributed by atoms with E-state index in [0.29, 0.717) is 68.9 Å². The highest BCUT2D eigenvalue weighted by molar-refractivity contribution is 5.94. The summed E-state index contributed by atoms with van der Waals surface area (Å²) in [6.45, 7) is 11.2. The van der Waals surface area contributed by atoms with Crippen molar-refractivity contribution in [2.75, 3.05) is 59.9 Å². The molecule has 3 aromatic carbocycles. The number of hydrogen-bond acceptors (Lipinski definition) is 9. The molecule has 0 saturated heterocycles. The molecule has 10 heteroatoms. The topological polar surface area (TPSA) is 119 Å². The van der Waals surface area contributed by atoms with Crippen LogP contribution >= 0.6 is 0 Å². The Bertz CT molecular complexity index is 1400. The van der Waals surface area contributed by atoms with Crippen molar-refractivity contribution < 1.29 is 42.8 Å². The minimum Gasteiger partial charge on any atom is -0.491 e. The Hall–Kier alpha value is -4.25. The van der Waals surface area contributed by atoms with Crippen LogP contribution in [0.2, 0.25) is 0 Å². The average Bonchev–Trinajstić information content (AvgIpc) is 3.09. The first kappa shape index (κ1) is 38.2. The molecule has 0 bridgehead atoms. The van der Waals surface area contributed by atoms with Crippen LogP contribution in [0, 0.1) is 11.3 Å². The van der Waals surface area contributed by atoms with Crippen LogP contribution < -0.4 is 14.8 Å². The van der Waals surface area contributed by atoms with E-state index >= 15 is 0 Å². The molecule has 3 aromatic rings. The predicted octanol–water partition coefficient (Wildman–Crippen LogP) is 6.37. The first-order valence-corrected chi connectivity index (χ1v) is 16.4. The molecule has 0 heterocycles. The van der Waals surface area contributed by atoms with Gasteiger partial charge in [-0.05, 0) is 71.5 Å². The van der Waals surface area contributed by atoms with Crippen molar-refractivity contribution in [1.82, 2.24) is 5.32 Å². The van der Waals surface area contributed by atoms with Gasteiger partial charge >= 0.3 is 11.9 Å². The monoisotopic (exact) mass is 663 g/mol. The molecular weight excluding hydrogens is 614 g/mol. The van der Waals surface area contributed by atoms with E-state index in [2.05, 4.69) is 33.0 Å². The van der Waals surface area contributed by atoms with Crippen molar-refractivity contribution in [3.8, 4) is 22.6 Å². The molecule has 3 rings (SSSR count). The Morgan fingerprint density at radius 1 is 0.646 bits per heavy atom. The van der Waals surface area contributed by atoms with Gasteiger partial charge in [-0.15, -0.1) is 0 Å². The summed E-state index contributed by atoms with van der Waals surface area (Å²) in [6, 6.07) is 21.2. The van der Waals surface area contributed by atoms with E-state index in [0.717, 1.165) is 24.0 Å². The number of rotatable bonds is 20. The zero-order valence-corrected chi connectivity index (χ0v) is 28.8. The van der Waals surface area contributed by atoms with Gasteiger partial charge in [0.25, 0.3) is 5.91 Å². The predicted molar refractivity (Wildman–Crippen MR) is 183 cm³/mol. The van der Waals surface area contributed by atoms with Crippen molar-refractivity contribution >= 4 is 17.8 Å². The lowest BCUT2D eigenvalue weighted by Gasteiger charge is -2.28. The Labute approximate surface area is 284 Å². The first-order chi connectivity index (χ1) is 23.1. The van der Waals surface area contributed by atoms with Gasteiger partial charge in [-0.3, -0.25) is 9.59 Å². The molecule has 1 N–H and O–H groups in total. The highest BCUT2D eigenvalue weighted by Gasteiger charge is 2.31. The zero-order valence-electron chi connectivity index (χ0n) is 28.8. The molecule has 0 aliphatic heterocycles. The Morgan fingerprint density at radius 2 is 1.12 bits per heavy atom. The normalized spacial score (nSPS) is 11.9. The molecule has 1 atom stereocenters. The summed E-state index contributed by atoms with van der Waals surface area (Å²) in [7, 11) is 1.59. The number of nitrogens with one attached hydrogen (secondary N) is 1. The van der Waals surface area contributed by atoms with Gasteiger partial charge in [-0.2, -0.15) is 0 Å². The summed E-state index contributed by atoms with van der Waals surface area (Å²) in [5.41, 5.74) is 2.74. The van der Waals surface area contributed by atoms with Crippen LogP contribution in [0.1, 0.15) is 61.3 Å². The number of amides is 1. The van der Waals surface area contributed by atoms with Crippen molar-refractivity contribution in [1.29, 1.82) is 0 Å². The van der Waals surface area contributed by atoms with Crippen molar-refractivity contribution in [2.45, 2.75) is 40.5 Å². The van der Waals surface area contributed by atoms with Crippen molar-refractivity contribution in [2.24, 2.45) is 11.3 Å². The van der Waals surface area contributed by atoms with E-state index in [1.165, 1.54) is 0 Å². The zero-order chi connectivity index (χ0) is 34.8. The van der Waals surface area contributed by atoms with Gasteiger partial charge in [-0.1, -0.05) is 58.4 Å². The molecule has 10 nitrogen and oxygen atoms in total. The molecule has 48 heavy (non-hydrogen) atoms. The lowest BCUT2D eigenvalue weighted by molar-refractivity contribution is -0.154. The van der Waals surface area contributed by atoms with Crippen LogP contribution in [0.5, 0.6) is 11.5 Å². The molecule has 0 aliphatic rings. The van der Waals surface area contributed by atoms with E-state index in [1.54, 1.807) is 55.6 Å². The molecule has 0 saturated carbocycles. The second-order valence-electron chi connectivity index (χ2n) is 12.2. The average molecular weight is 664 g/mol. The maximum Gasteiger partial charge on any atom is 0.343 e. The Balaban J connectivity index is 1.23. The van der Waals surface area contributed by atoms with E-state index in [-0.39, 0.29) is 29.8 Å². The summed E-state index contributed by atoms with van der Waals surface area (Å²) in [5, 5.41) is 2.60. The number of carbonyl (C=O) groups excluding carboxylic acids is 3. The Morgan fingerprint density at radius 3 is 1.65 bits per heavy atom. The summed E-state index contributed by atoms with van der Waals surface area (Å²) in [6.07, 6.45) is 1.76. The fourth-order valence-electron chi connectivity index (χ4n) is 4.78. The second kappa shape index (κ2) is 20.2. The first-order valence-electron chi connectivity index (χ1n) is 16.4. The van der Waals surface area contributed by atoms with Gasteiger partial charge in [0.15, 0.2) is 0 Å². The van der Waals surface area contributed by atoms with Crippen LogP contribution in [0.15, 0.2) is 72.8 Å². The fraction of sp³-hybridized carbons (Fsp3) is 0.447. The van der Waals surface area contributed by atoms with E-state index in [1.807, 2.05) is 24.3 Å². The third kappa shape index (κ3) is 13.1. The van der Waals surface area contributed by atoms with E-state index < -0.39 is 5.97 Å². The highest BCUT2D eigenvalue weighted by atomic mass is 16.6. The second-order valence-corrected chi connectivity index (χ2v) is 12.2. The van der Waals surface area contributed by atoms with Gasteiger partial charge in [0.05, 0.1) is 51.1 Å². The highest BCUT2D eigenvalue weighted by Crippen LogP contribution is 2.31. The lowest BCUT2D eigenvalue weighted by Crippen LogP contribution is -2.31. The van der Waals surface area contributed by atoms with Crippen LogP contribution in [0.3, 0.4) is 0 Å². The Kier molecular flexibility index (Phi) is 16.1. The van der Waals surface area contributed by atoms with Crippen LogP contribution in [-0.4, -0.2) is 77.7 Å². The summed E-state index contributed by atoms with van der Waals surface area (Å²) < 4.78 is 33.1. The van der Waals surface area contributed by atoms with E-state index in [9.17, 15) is 14.4 Å². The van der Waals surface area contributed by atoms with Gasteiger partial charge in [0.2, 0.25) is 0 Å². The van der Waals surface area contributed by atoms with Crippen LogP contribution in [0.4, 0.5) is 0 Å². The maximum atomic E-state index is 12.6. The molecule has 1 amide bonds. The van der Waals surface area contributed by atoms with Crippen molar-refractivity contribution in [3.05, 3.63) is 83.9 Å².